The van der Waals surface area contributed by atoms with Crippen LogP contribution in [-0.2, 0) is 13.1 Å². The van der Waals surface area contributed by atoms with Gasteiger partial charge in [0.2, 0.25) is 0 Å². The minimum absolute atomic E-state index is 0.184. The van der Waals surface area contributed by atoms with Gasteiger partial charge in [-0.05, 0) is 24.1 Å². The Labute approximate surface area is 105 Å². The van der Waals surface area contributed by atoms with Crippen LogP contribution in [0.1, 0.15) is 18.9 Å². The molecule has 0 unspecified atom stereocenters. The van der Waals surface area contributed by atoms with E-state index in [9.17, 15) is 4.39 Å². The van der Waals surface area contributed by atoms with Crippen molar-refractivity contribution in [1.29, 1.82) is 0 Å². The van der Waals surface area contributed by atoms with Gasteiger partial charge in [-0.25, -0.2) is 4.39 Å². The first-order valence-electron chi connectivity index (χ1n) is 5.91. The second-order valence-corrected chi connectivity index (χ2v) is 4.01. The maximum atomic E-state index is 13.7. The van der Waals surface area contributed by atoms with Gasteiger partial charge in [-0.2, -0.15) is 5.10 Å². The quantitative estimate of drug-likeness (QED) is 0.886. The number of halogens is 1. The third-order valence-electron chi connectivity index (χ3n) is 2.52. The smallest absolute Gasteiger partial charge is 0.166 e. The minimum Gasteiger partial charge on any atom is -0.451 e. The Morgan fingerprint density at radius 3 is 2.94 bits per heavy atom. The molecule has 2 aromatic rings. The Morgan fingerprint density at radius 2 is 2.28 bits per heavy atom. The fraction of sp³-hybridized carbons (Fsp3) is 0.308. The zero-order valence-corrected chi connectivity index (χ0v) is 10.3. The first-order valence-corrected chi connectivity index (χ1v) is 5.91. The highest BCUT2D eigenvalue weighted by Gasteiger charge is 2.07. The molecule has 18 heavy (non-hydrogen) atoms. The molecule has 2 rings (SSSR count). The number of nitrogens with zero attached hydrogens (tertiary/aromatic N) is 2. The van der Waals surface area contributed by atoms with E-state index in [1.54, 1.807) is 29.2 Å². The number of aryl methyl sites for hydroxylation is 1. The fourth-order valence-corrected chi connectivity index (χ4v) is 1.63. The molecular weight excluding hydrogens is 233 g/mol. The number of hydrogen-bond acceptors (Lipinski definition) is 3. The van der Waals surface area contributed by atoms with Crippen molar-refractivity contribution in [2.24, 2.45) is 5.73 Å². The van der Waals surface area contributed by atoms with Gasteiger partial charge < -0.3 is 10.5 Å². The van der Waals surface area contributed by atoms with Gasteiger partial charge in [0.1, 0.15) is 0 Å². The second-order valence-electron chi connectivity index (χ2n) is 4.01. The molecule has 0 saturated carbocycles. The van der Waals surface area contributed by atoms with Crippen LogP contribution >= 0.6 is 0 Å². The Hall–Kier alpha value is -1.88. The van der Waals surface area contributed by atoms with Crippen LogP contribution in [0.4, 0.5) is 4.39 Å². The van der Waals surface area contributed by atoms with Gasteiger partial charge in [0.15, 0.2) is 17.3 Å². The van der Waals surface area contributed by atoms with Crippen molar-refractivity contribution in [3.8, 4) is 11.5 Å². The molecule has 0 atom stereocenters. The first-order chi connectivity index (χ1) is 8.72. The van der Waals surface area contributed by atoms with Gasteiger partial charge in [0.25, 0.3) is 0 Å². The number of ether oxygens (including phenoxy) is 1. The largest absolute Gasteiger partial charge is 0.451 e. The summed E-state index contributed by atoms with van der Waals surface area (Å²) in [4.78, 5) is 0. The van der Waals surface area contributed by atoms with Gasteiger partial charge in [-0.1, -0.05) is 13.0 Å². The molecule has 0 fully saturated rings. The van der Waals surface area contributed by atoms with E-state index in [0.717, 1.165) is 18.5 Å². The molecule has 1 aromatic carbocycles. The lowest BCUT2D eigenvalue weighted by atomic mass is 10.2. The molecule has 0 bridgehead atoms. The third-order valence-corrected chi connectivity index (χ3v) is 2.52. The number of hydrogen-bond donors (Lipinski definition) is 1. The summed E-state index contributed by atoms with van der Waals surface area (Å²) in [6.45, 7) is 3.19. The molecule has 0 aliphatic rings. The van der Waals surface area contributed by atoms with E-state index in [4.69, 9.17) is 10.5 Å². The predicted molar refractivity (Wildman–Crippen MR) is 66.9 cm³/mol. The van der Waals surface area contributed by atoms with Crippen molar-refractivity contribution in [2.45, 2.75) is 26.4 Å². The summed E-state index contributed by atoms with van der Waals surface area (Å²) < 4.78 is 20.9. The Morgan fingerprint density at radius 1 is 1.44 bits per heavy atom. The molecule has 4 nitrogen and oxygen atoms in total. The van der Waals surface area contributed by atoms with E-state index in [-0.39, 0.29) is 5.75 Å². The molecule has 0 amide bonds. The topological polar surface area (TPSA) is 53.1 Å². The van der Waals surface area contributed by atoms with Gasteiger partial charge in [-0.3, -0.25) is 4.68 Å². The number of rotatable bonds is 5. The maximum absolute atomic E-state index is 13.7. The van der Waals surface area contributed by atoms with E-state index < -0.39 is 5.82 Å². The third kappa shape index (κ3) is 2.87. The summed E-state index contributed by atoms with van der Waals surface area (Å²) in [6, 6.07) is 4.70. The molecule has 0 spiro atoms. The van der Waals surface area contributed by atoms with Gasteiger partial charge in [0, 0.05) is 13.1 Å². The molecule has 2 N–H and O–H groups in total. The van der Waals surface area contributed by atoms with Crippen LogP contribution in [0.25, 0.3) is 0 Å². The molecular formula is C13H16FN3O. The SMILES string of the molecule is CCCn1cc(Oc2ccc(CN)cc2F)cn1. The van der Waals surface area contributed by atoms with E-state index >= 15 is 0 Å². The average molecular weight is 249 g/mol. The van der Waals surface area contributed by atoms with Gasteiger partial charge in [-0.15, -0.1) is 0 Å². The molecule has 1 aromatic heterocycles. The number of aromatic nitrogens is 2. The summed E-state index contributed by atoms with van der Waals surface area (Å²) in [5.41, 5.74) is 6.17. The van der Waals surface area contributed by atoms with Crippen LogP contribution in [0.3, 0.4) is 0 Å². The standard InChI is InChI=1S/C13H16FN3O/c1-2-5-17-9-11(8-16-17)18-13-4-3-10(7-15)6-12(13)14/h3-4,6,8-9H,2,5,7,15H2,1H3. The molecule has 1 heterocycles. The molecule has 0 radical (unpaired) electrons. The highest BCUT2D eigenvalue weighted by atomic mass is 19.1. The molecule has 96 valence electrons. The van der Waals surface area contributed by atoms with Gasteiger partial charge in [0.05, 0.1) is 12.4 Å². The first kappa shape index (κ1) is 12.6. The fourth-order valence-electron chi connectivity index (χ4n) is 1.63. The summed E-state index contributed by atoms with van der Waals surface area (Å²) in [5.74, 6) is 0.298. The van der Waals surface area contributed by atoms with Crippen molar-refractivity contribution < 1.29 is 9.13 Å². The second kappa shape index (κ2) is 5.64. The number of benzene rings is 1. The highest BCUT2D eigenvalue weighted by molar-refractivity contribution is 5.32. The zero-order valence-electron chi connectivity index (χ0n) is 10.3. The zero-order chi connectivity index (χ0) is 13.0. The Balaban J connectivity index is 2.12. The minimum atomic E-state index is -0.416. The molecule has 0 aliphatic heterocycles. The number of nitrogens with two attached hydrogens (primary N) is 1. The summed E-state index contributed by atoms with van der Waals surface area (Å²) >= 11 is 0. The summed E-state index contributed by atoms with van der Waals surface area (Å²) in [6.07, 6.45) is 4.31. The monoisotopic (exact) mass is 249 g/mol. The summed E-state index contributed by atoms with van der Waals surface area (Å²) in [5, 5.41) is 4.11. The lowest BCUT2D eigenvalue weighted by Crippen LogP contribution is -1.97. The van der Waals surface area contributed by atoms with E-state index in [1.807, 2.05) is 0 Å². The van der Waals surface area contributed by atoms with Crippen LogP contribution in [0.15, 0.2) is 30.6 Å². The van der Waals surface area contributed by atoms with Crippen molar-refractivity contribution in [2.75, 3.05) is 0 Å². The van der Waals surface area contributed by atoms with Crippen LogP contribution in [0.2, 0.25) is 0 Å². The van der Waals surface area contributed by atoms with Gasteiger partial charge >= 0.3 is 0 Å². The van der Waals surface area contributed by atoms with Crippen molar-refractivity contribution in [3.05, 3.63) is 42.0 Å². The van der Waals surface area contributed by atoms with E-state index in [2.05, 4.69) is 12.0 Å². The van der Waals surface area contributed by atoms with Crippen LogP contribution in [-0.4, -0.2) is 9.78 Å². The molecule has 0 aliphatic carbocycles. The maximum Gasteiger partial charge on any atom is 0.166 e. The average Bonchev–Trinajstić information content (AvgIpc) is 2.80. The van der Waals surface area contributed by atoms with Crippen LogP contribution in [0.5, 0.6) is 11.5 Å². The summed E-state index contributed by atoms with van der Waals surface area (Å²) in [7, 11) is 0. The van der Waals surface area contributed by atoms with Crippen molar-refractivity contribution >= 4 is 0 Å². The van der Waals surface area contributed by atoms with E-state index in [1.165, 1.54) is 6.07 Å². The van der Waals surface area contributed by atoms with Crippen molar-refractivity contribution in [1.82, 2.24) is 9.78 Å². The molecule has 0 saturated heterocycles. The highest BCUT2D eigenvalue weighted by Crippen LogP contribution is 2.24. The van der Waals surface area contributed by atoms with E-state index in [0.29, 0.717) is 12.3 Å². The normalized spacial score (nSPS) is 10.6. The van der Waals surface area contributed by atoms with Crippen LogP contribution in [0, 0.1) is 5.82 Å². The lowest BCUT2D eigenvalue weighted by molar-refractivity contribution is 0.440. The predicted octanol–water partition coefficient (Wildman–Crippen LogP) is 2.68. The van der Waals surface area contributed by atoms with Crippen molar-refractivity contribution in [3.63, 3.8) is 0 Å². The Kier molecular flexibility index (Phi) is 3.94. The molecule has 5 heteroatoms. The lowest BCUT2D eigenvalue weighted by Gasteiger charge is -2.05. The van der Waals surface area contributed by atoms with Crippen LogP contribution < -0.4 is 10.5 Å². The Bertz CT molecular complexity index is 525.